The van der Waals surface area contributed by atoms with Crippen molar-refractivity contribution in [2.45, 2.75) is 59.1 Å². The highest BCUT2D eigenvalue weighted by molar-refractivity contribution is 5.68. The standard InChI is InChI=1S/C14H27N3O2.C2H6/c1-14(2,3)19-13(18)17-10-8-16(9-11-17)12-4-6-15-7-5-12;1-2/h12,15H,4-11H2,1-3H3;1-2H3. The van der Waals surface area contributed by atoms with Gasteiger partial charge in [0.1, 0.15) is 5.60 Å². The number of piperazine rings is 1. The number of rotatable bonds is 1. The Kier molecular flexibility index (Phi) is 7.46. The molecule has 2 rings (SSSR count). The summed E-state index contributed by atoms with van der Waals surface area (Å²) >= 11 is 0. The van der Waals surface area contributed by atoms with Crippen LogP contribution in [0.5, 0.6) is 0 Å². The molecule has 1 N–H and O–H groups in total. The molecule has 0 atom stereocenters. The van der Waals surface area contributed by atoms with Gasteiger partial charge in [0.05, 0.1) is 0 Å². The van der Waals surface area contributed by atoms with E-state index in [-0.39, 0.29) is 6.09 Å². The van der Waals surface area contributed by atoms with E-state index in [1.807, 2.05) is 39.5 Å². The van der Waals surface area contributed by atoms with Crippen LogP contribution in [0.2, 0.25) is 0 Å². The predicted octanol–water partition coefficient (Wildman–Crippen LogP) is 2.32. The minimum atomic E-state index is -0.400. The molecule has 2 heterocycles. The average Bonchev–Trinajstić information content (AvgIpc) is 2.49. The number of ether oxygens (including phenoxy) is 1. The second kappa shape index (κ2) is 8.59. The van der Waals surface area contributed by atoms with E-state index in [1.165, 1.54) is 12.8 Å². The molecule has 0 aromatic rings. The zero-order valence-electron chi connectivity index (χ0n) is 14.4. The Labute approximate surface area is 130 Å². The molecule has 0 saturated carbocycles. The molecular formula is C16H33N3O2. The van der Waals surface area contributed by atoms with Crippen LogP contribution in [0.25, 0.3) is 0 Å². The Morgan fingerprint density at radius 2 is 1.57 bits per heavy atom. The van der Waals surface area contributed by atoms with Crippen LogP contribution in [-0.2, 0) is 4.74 Å². The zero-order valence-corrected chi connectivity index (χ0v) is 14.4. The van der Waals surface area contributed by atoms with Gasteiger partial charge in [0, 0.05) is 32.2 Å². The molecule has 5 nitrogen and oxygen atoms in total. The highest BCUT2D eigenvalue weighted by atomic mass is 16.6. The van der Waals surface area contributed by atoms with E-state index in [4.69, 9.17) is 4.74 Å². The summed E-state index contributed by atoms with van der Waals surface area (Å²) in [6, 6.07) is 0.696. The van der Waals surface area contributed by atoms with Crippen molar-refractivity contribution in [2.75, 3.05) is 39.3 Å². The number of hydrogen-bond acceptors (Lipinski definition) is 4. The average molecular weight is 299 g/mol. The maximum Gasteiger partial charge on any atom is 0.410 e. The number of carbonyl (C=O) groups excluding carboxylic acids is 1. The number of hydrogen-bond donors (Lipinski definition) is 1. The molecule has 0 spiro atoms. The zero-order chi connectivity index (χ0) is 15.9. The molecule has 1 amide bonds. The van der Waals surface area contributed by atoms with Gasteiger partial charge in [0.2, 0.25) is 0 Å². The van der Waals surface area contributed by atoms with Crippen molar-refractivity contribution >= 4 is 6.09 Å². The fourth-order valence-electron chi connectivity index (χ4n) is 2.77. The van der Waals surface area contributed by atoms with Crippen LogP contribution in [-0.4, -0.2) is 66.8 Å². The monoisotopic (exact) mass is 299 g/mol. The SMILES string of the molecule is CC.CC(C)(C)OC(=O)N1CCN(C2CCNCC2)CC1. The molecule has 0 unspecified atom stereocenters. The van der Waals surface area contributed by atoms with E-state index in [1.54, 1.807) is 0 Å². The minimum Gasteiger partial charge on any atom is -0.444 e. The second-order valence-corrected chi connectivity index (χ2v) is 6.48. The summed E-state index contributed by atoms with van der Waals surface area (Å²) in [5, 5.41) is 3.40. The maximum atomic E-state index is 12.0. The lowest BCUT2D eigenvalue weighted by atomic mass is 10.0. The van der Waals surface area contributed by atoms with Crippen LogP contribution < -0.4 is 5.32 Å². The Hall–Kier alpha value is -0.810. The van der Waals surface area contributed by atoms with E-state index in [9.17, 15) is 4.79 Å². The Morgan fingerprint density at radius 1 is 1.05 bits per heavy atom. The maximum absolute atomic E-state index is 12.0. The van der Waals surface area contributed by atoms with Gasteiger partial charge < -0.3 is 15.0 Å². The number of nitrogens with one attached hydrogen (secondary N) is 1. The summed E-state index contributed by atoms with van der Waals surface area (Å²) in [4.78, 5) is 16.3. The Bertz CT molecular complexity index is 301. The second-order valence-electron chi connectivity index (χ2n) is 6.48. The van der Waals surface area contributed by atoms with Gasteiger partial charge >= 0.3 is 6.09 Å². The van der Waals surface area contributed by atoms with Crippen molar-refractivity contribution in [3.63, 3.8) is 0 Å². The van der Waals surface area contributed by atoms with Crippen LogP contribution in [0, 0.1) is 0 Å². The Morgan fingerprint density at radius 3 is 2.05 bits per heavy atom. The molecule has 124 valence electrons. The highest BCUT2D eigenvalue weighted by Gasteiger charge is 2.29. The van der Waals surface area contributed by atoms with Crippen molar-refractivity contribution in [1.29, 1.82) is 0 Å². The minimum absolute atomic E-state index is 0.169. The first-order valence-corrected chi connectivity index (χ1v) is 8.38. The van der Waals surface area contributed by atoms with Gasteiger partial charge in [-0.05, 0) is 46.7 Å². The summed E-state index contributed by atoms with van der Waals surface area (Å²) in [5.74, 6) is 0. The van der Waals surface area contributed by atoms with Crippen LogP contribution in [0.15, 0.2) is 0 Å². The first kappa shape index (κ1) is 18.2. The van der Waals surface area contributed by atoms with E-state index < -0.39 is 5.60 Å². The number of amides is 1. The molecular weight excluding hydrogens is 266 g/mol. The molecule has 0 bridgehead atoms. The number of carbonyl (C=O) groups is 1. The van der Waals surface area contributed by atoms with E-state index >= 15 is 0 Å². The van der Waals surface area contributed by atoms with E-state index in [2.05, 4.69) is 10.2 Å². The van der Waals surface area contributed by atoms with E-state index in [0.29, 0.717) is 6.04 Å². The number of piperidine rings is 1. The first-order chi connectivity index (χ1) is 9.96. The normalized spacial score (nSPS) is 21.5. The molecule has 5 heteroatoms. The largest absolute Gasteiger partial charge is 0.444 e. The van der Waals surface area contributed by atoms with Crippen molar-refractivity contribution in [2.24, 2.45) is 0 Å². The molecule has 0 aliphatic carbocycles. The molecule has 0 aromatic heterocycles. The van der Waals surface area contributed by atoms with Crippen LogP contribution in [0.3, 0.4) is 0 Å². The third-order valence-corrected chi connectivity index (χ3v) is 3.79. The fraction of sp³-hybridized carbons (Fsp3) is 0.938. The van der Waals surface area contributed by atoms with Crippen LogP contribution in [0.1, 0.15) is 47.5 Å². The predicted molar refractivity (Wildman–Crippen MR) is 86.6 cm³/mol. The summed E-state index contributed by atoms with van der Waals surface area (Å²) in [7, 11) is 0. The van der Waals surface area contributed by atoms with Crippen molar-refractivity contribution in [3.8, 4) is 0 Å². The van der Waals surface area contributed by atoms with Gasteiger partial charge in [-0.15, -0.1) is 0 Å². The molecule has 21 heavy (non-hydrogen) atoms. The third kappa shape index (κ3) is 6.22. The molecule has 2 aliphatic heterocycles. The lowest BCUT2D eigenvalue weighted by molar-refractivity contribution is 0.00865. The van der Waals surface area contributed by atoms with Gasteiger partial charge in [-0.1, -0.05) is 13.8 Å². The van der Waals surface area contributed by atoms with Crippen molar-refractivity contribution in [3.05, 3.63) is 0 Å². The van der Waals surface area contributed by atoms with Gasteiger partial charge in [-0.25, -0.2) is 4.79 Å². The molecule has 0 radical (unpaired) electrons. The van der Waals surface area contributed by atoms with E-state index in [0.717, 1.165) is 39.3 Å². The first-order valence-electron chi connectivity index (χ1n) is 8.38. The number of nitrogens with zero attached hydrogens (tertiary/aromatic N) is 2. The Balaban J connectivity index is 0.00000106. The smallest absolute Gasteiger partial charge is 0.410 e. The van der Waals surface area contributed by atoms with Crippen LogP contribution >= 0.6 is 0 Å². The van der Waals surface area contributed by atoms with Gasteiger partial charge in [-0.2, -0.15) is 0 Å². The molecule has 2 fully saturated rings. The lowest BCUT2D eigenvalue weighted by Gasteiger charge is -2.41. The summed E-state index contributed by atoms with van der Waals surface area (Å²) < 4.78 is 5.42. The van der Waals surface area contributed by atoms with Crippen LogP contribution in [0.4, 0.5) is 4.79 Å². The van der Waals surface area contributed by atoms with Crippen molar-refractivity contribution in [1.82, 2.24) is 15.1 Å². The molecule has 2 aliphatic rings. The van der Waals surface area contributed by atoms with Gasteiger partial charge in [0.25, 0.3) is 0 Å². The fourth-order valence-corrected chi connectivity index (χ4v) is 2.77. The quantitative estimate of drug-likeness (QED) is 0.807. The summed E-state index contributed by atoms with van der Waals surface area (Å²) in [5.41, 5.74) is -0.400. The summed E-state index contributed by atoms with van der Waals surface area (Å²) in [6.07, 6.45) is 2.29. The van der Waals surface area contributed by atoms with Crippen molar-refractivity contribution < 1.29 is 9.53 Å². The highest BCUT2D eigenvalue weighted by Crippen LogP contribution is 2.16. The topological polar surface area (TPSA) is 44.8 Å². The van der Waals surface area contributed by atoms with Gasteiger partial charge in [0.15, 0.2) is 0 Å². The van der Waals surface area contributed by atoms with Gasteiger partial charge in [-0.3, -0.25) is 4.90 Å². The molecule has 0 aromatic carbocycles. The summed E-state index contributed by atoms with van der Waals surface area (Å²) in [6.45, 7) is 15.5. The lowest BCUT2D eigenvalue weighted by Crippen LogP contribution is -2.54. The molecule has 2 saturated heterocycles. The third-order valence-electron chi connectivity index (χ3n) is 3.79.